The average molecular weight is 301 g/mol. The fourth-order valence-corrected chi connectivity index (χ4v) is 3.05. The van der Waals surface area contributed by atoms with E-state index in [1.807, 2.05) is 36.4 Å². The molecule has 1 aromatic carbocycles. The number of hydrogen-bond donors (Lipinski definition) is 1. The number of rotatable bonds is 1. The summed E-state index contributed by atoms with van der Waals surface area (Å²) in [7, 11) is 0. The van der Waals surface area contributed by atoms with Gasteiger partial charge in [0.1, 0.15) is 5.60 Å². The molecule has 1 aliphatic rings. The minimum Gasteiger partial charge on any atom is -0.379 e. The van der Waals surface area contributed by atoms with Gasteiger partial charge in [-0.3, -0.25) is 4.98 Å². The first-order valence-electron chi connectivity index (χ1n) is 6.82. The van der Waals surface area contributed by atoms with Crippen LogP contribution in [0.3, 0.4) is 0 Å². The van der Waals surface area contributed by atoms with Crippen LogP contribution in [-0.4, -0.2) is 10.1 Å². The van der Waals surface area contributed by atoms with Gasteiger partial charge in [0.25, 0.3) is 0 Å². The Hall–Kier alpha value is -1.89. The Labute approximate surface area is 130 Å². The molecule has 4 heteroatoms. The normalized spacial score (nSPS) is 21.0. The van der Waals surface area contributed by atoms with Gasteiger partial charge >= 0.3 is 0 Å². The summed E-state index contributed by atoms with van der Waals surface area (Å²) >= 11 is 0. The van der Waals surface area contributed by atoms with E-state index in [1.165, 1.54) is 0 Å². The molecule has 3 nitrogen and oxygen atoms in total. The van der Waals surface area contributed by atoms with Crippen molar-refractivity contribution < 1.29 is 5.11 Å². The molecule has 1 heterocycles. The number of benzene rings is 1. The van der Waals surface area contributed by atoms with Crippen LogP contribution in [0, 0.1) is 17.2 Å². The number of fused-ring (bicyclic) bond motifs is 2. The zero-order valence-electron chi connectivity index (χ0n) is 11.8. The third-order valence-corrected chi connectivity index (χ3v) is 4.18. The highest BCUT2D eigenvalue weighted by Crippen LogP contribution is 2.41. The van der Waals surface area contributed by atoms with Crippen LogP contribution in [0.4, 0.5) is 0 Å². The highest BCUT2D eigenvalue weighted by Gasteiger charge is 2.42. The van der Waals surface area contributed by atoms with Gasteiger partial charge in [0, 0.05) is 17.5 Å². The molecule has 0 saturated heterocycles. The van der Waals surface area contributed by atoms with Crippen molar-refractivity contribution in [1.82, 2.24) is 4.98 Å². The van der Waals surface area contributed by atoms with E-state index in [0.29, 0.717) is 0 Å². The summed E-state index contributed by atoms with van der Waals surface area (Å²) < 4.78 is 0. The summed E-state index contributed by atoms with van der Waals surface area (Å²) in [5.74, 6) is -0.537. The molecule has 3 rings (SSSR count). The highest BCUT2D eigenvalue weighted by atomic mass is 35.5. The third kappa shape index (κ3) is 2.31. The Morgan fingerprint density at radius 1 is 1.19 bits per heavy atom. The second kappa shape index (κ2) is 5.85. The van der Waals surface area contributed by atoms with Crippen LogP contribution in [0.25, 0.3) is 0 Å². The predicted molar refractivity (Wildman–Crippen MR) is 83.1 cm³/mol. The van der Waals surface area contributed by atoms with Gasteiger partial charge in [-0.15, -0.1) is 12.4 Å². The number of aryl methyl sites for hydroxylation is 2. The molecule has 1 aliphatic carbocycles. The van der Waals surface area contributed by atoms with E-state index < -0.39 is 11.5 Å². The van der Waals surface area contributed by atoms with Crippen LogP contribution in [0.15, 0.2) is 42.6 Å². The van der Waals surface area contributed by atoms with E-state index in [-0.39, 0.29) is 12.4 Å². The second-order valence-corrected chi connectivity index (χ2v) is 5.27. The van der Waals surface area contributed by atoms with Gasteiger partial charge in [-0.25, -0.2) is 0 Å². The Bertz CT molecular complexity index is 646. The van der Waals surface area contributed by atoms with E-state index in [4.69, 9.17) is 0 Å². The molecule has 0 radical (unpaired) electrons. The summed E-state index contributed by atoms with van der Waals surface area (Å²) in [4.78, 5) is 4.41. The third-order valence-electron chi connectivity index (χ3n) is 4.18. The van der Waals surface area contributed by atoms with Crippen LogP contribution in [0.1, 0.15) is 29.3 Å². The van der Waals surface area contributed by atoms with Crippen molar-refractivity contribution in [2.45, 2.75) is 25.4 Å². The highest BCUT2D eigenvalue weighted by molar-refractivity contribution is 5.85. The largest absolute Gasteiger partial charge is 0.379 e. The second-order valence-electron chi connectivity index (χ2n) is 5.27. The molecule has 0 amide bonds. The number of halogens is 1. The molecule has 2 atom stereocenters. The fraction of sp³-hybridized carbons (Fsp3) is 0.294. The Balaban J connectivity index is 0.00000161. The van der Waals surface area contributed by atoms with Crippen molar-refractivity contribution in [2.75, 3.05) is 0 Å². The smallest absolute Gasteiger partial charge is 0.132 e. The van der Waals surface area contributed by atoms with Gasteiger partial charge in [0.15, 0.2) is 0 Å². The zero-order chi connectivity index (χ0) is 14.2. The van der Waals surface area contributed by atoms with E-state index in [1.54, 1.807) is 13.1 Å². The molecular formula is C17H17ClN2O. The predicted octanol–water partition coefficient (Wildman–Crippen LogP) is 3.00. The summed E-state index contributed by atoms with van der Waals surface area (Å²) in [5, 5.41) is 20.7. The van der Waals surface area contributed by atoms with E-state index >= 15 is 0 Å². The first-order chi connectivity index (χ1) is 9.67. The fourth-order valence-electron chi connectivity index (χ4n) is 3.05. The quantitative estimate of drug-likeness (QED) is 0.881. The first-order valence-corrected chi connectivity index (χ1v) is 6.82. The van der Waals surface area contributed by atoms with Crippen molar-refractivity contribution in [3.63, 3.8) is 0 Å². The number of nitrogens with zero attached hydrogens (tertiary/aromatic N) is 2. The molecule has 0 saturated carbocycles. The Kier molecular flexibility index (Phi) is 4.32. The lowest BCUT2D eigenvalue weighted by molar-refractivity contribution is 0.0453. The SMILES string of the molecule is CC(C#N)C1(O)c2ccccc2CCc2ncccc21.Cl. The Morgan fingerprint density at radius 3 is 2.67 bits per heavy atom. The molecule has 0 bridgehead atoms. The number of aromatic nitrogens is 1. The summed E-state index contributed by atoms with van der Waals surface area (Å²) in [5.41, 5.74) is 2.29. The lowest BCUT2D eigenvalue weighted by atomic mass is 9.76. The monoisotopic (exact) mass is 300 g/mol. The molecule has 2 unspecified atom stereocenters. The lowest BCUT2D eigenvalue weighted by Crippen LogP contribution is -2.35. The molecule has 1 aromatic heterocycles. The molecule has 0 spiro atoms. The standard InChI is InChI=1S/C17H16N2O.ClH/c1-12(11-18)17(20)14-6-3-2-5-13(14)8-9-16-15(17)7-4-10-19-16;/h2-7,10,12,20H,8-9H2,1H3;1H. The number of aliphatic hydroxyl groups is 1. The molecule has 0 aliphatic heterocycles. The van der Waals surface area contributed by atoms with Crippen LogP contribution in [-0.2, 0) is 18.4 Å². The van der Waals surface area contributed by atoms with E-state index in [0.717, 1.165) is 35.2 Å². The van der Waals surface area contributed by atoms with E-state index in [9.17, 15) is 10.4 Å². The summed E-state index contributed by atoms with van der Waals surface area (Å²) in [6.45, 7) is 1.76. The molecule has 108 valence electrons. The number of hydrogen-bond acceptors (Lipinski definition) is 3. The van der Waals surface area contributed by atoms with E-state index in [2.05, 4.69) is 11.1 Å². The van der Waals surface area contributed by atoms with Crippen molar-refractivity contribution in [3.8, 4) is 6.07 Å². The van der Waals surface area contributed by atoms with Crippen LogP contribution in [0.5, 0.6) is 0 Å². The van der Waals surface area contributed by atoms with Gasteiger partial charge in [-0.05, 0) is 37.0 Å². The number of nitriles is 1. The van der Waals surface area contributed by atoms with Gasteiger partial charge in [0.05, 0.1) is 12.0 Å². The maximum absolute atomic E-state index is 11.4. The van der Waals surface area contributed by atoms with Gasteiger partial charge in [-0.1, -0.05) is 30.3 Å². The minimum absolute atomic E-state index is 0. The summed E-state index contributed by atoms with van der Waals surface area (Å²) in [6, 6.07) is 13.7. The topological polar surface area (TPSA) is 56.9 Å². The van der Waals surface area contributed by atoms with Crippen molar-refractivity contribution in [3.05, 3.63) is 65.0 Å². The van der Waals surface area contributed by atoms with Crippen molar-refractivity contribution in [1.29, 1.82) is 5.26 Å². The van der Waals surface area contributed by atoms with Crippen LogP contribution >= 0.6 is 12.4 Å². The maximum Gasteiger partial charge on any atom is 0.132 e. The molecule has 2 aromatic rings. The molecule has 0 fully saturated rings. The summed E-state index contributed by atoms with van der Waals surface area (Å²) in [6.07, 6.45) is 3.36. The molecule has 1 N–H and O–H groups in total. The van der Waals surface area contributed by atoms with Gasteiger partial charge < -0.3 is 5.11 Å². The van der Waals surface area contributed by atoms with Crippen molar-refractivity contribution >= 4 is 12.4 Å². The van der Waals surface area contributed by atoms with Gasteiger partial charge in [-0.2, -0.15) is 5.26 Å². The molecular weight excluding hydrogens is 284 g/mol. The zero-order valence-corrected chi connectivity index (χ0v) is 12.6. The minimum atomic E-state index is -1.29. The van der Waals surface area contributed by atoms with Crippen LogP contribution < -0.4 is 0 Å². The van der Waals surface area contributed by atoms with Crippen molar-refractivity contribution in [2.24, 2.45) is 5.92 Å². The van der Waals surface area contributed by atoms with Crippen LogP contribution in [0.2, 0.25) is 0 Å². The lowest BCUT2D eigenvalue weighted by Gasteiger charge is -2.32. The molecule has 21 heavy (non-hydrogen) atoms. The average Bonchev–Trinajstić information content (AvgIpc) is 2.64. The number of pyridine rings is 1. The van der Waals surface area contributed by atoms with Gasteiger partial charge in [0.2, 0.25) is 0 Å². The first kappa shape index (κ1) is 15.5. The maximum atomic E-state index is 11.4. The Morgan fingerprint density at radius 2 is 1.90 bits per heavy atom.